The average molecular weight is 471 g/mol. The van der Waals surface area contributed by atoms with E-state index in [1.165, 1.54) is 17.9 Å². The van der Waals surface area contributed by atoms with E-state index in [9.17, 15) is 14.4 Å². The monoisotopic (exact) mass is 470 g/mol. The van der Waals surface area contributed by atoms with Crippen molar-refractivity contribution in [2.75, 3.05) is 14.1 Å². The lowest BCUT2D eigenvalue weighted by Crippen LogP contribution is -2.58. The maximum absolute atomic E-state index is 13.4. The zero-order valence-electron chi connectivity index (χ0n) is 21.5. The summed E-state index contributed by atoms with van der Waals surface area (Å²) in [7, 11) is 5.33. The largest absolute Gasteiger partial charge is 0.478 e. The number of amides is 2. The molecule has 1 aromatic heterocycles. The summed E-state index contributed by atoms with van der Waals surface area (Å²) >= 11 is 0. The van der Waals surface area contributed by atoms with Crippen molar-refractivity contribution in [1.29, 1.82) is 0 Å². The van der Waals surface area contributed by atoms with Crippen molar-refractivity contribution >= 4 is 28.7 Å². The van der Waals surface area contributed by atoms with Crippen LogP contribution in [0.4, 0.5) is 0 Å². The summed E-state index contributed by atoms with van der Waals surface area (Å²) in [6.45, 7) is 8.93. The zero-order chi connectivity index (χ0) is 25.8. The number of rotatable bonds is 9. The molecule has 3 atom stereocenters. The summed E-state index contributed by atoms with van der Waals surface area (Å²) in [5.41, 5.74) is 1.75. The maximum Gasteiger partial charge on any atom is 0.331 e. The van der Waals surface area contributed by atoms with Crippen molar-refractivity contribution in [2.24, 2.45) is 12.5 Å². The van der Waals surface area contributed by atoms with Gasteiger partial charge in [0.15, 0.2) is 0 Å². The van der Waals surface area contributed by atoms with Crippen molar-refractivity contribution in [2.45, 2.75) is 59.2 Å². The van der Waals surface area contributed by atoms with Crippen molar-refractivity contribution in [3.8, 4) is 0 Å². The van der Waals surface area contributed by atoms with Crippen LogP contribution in [-0.2, 0) is 27.9 Å². The van der Waals surface area contributed by atoms with Gasteiger partial charge in [-0.3, -0.25) is 9.59 Å². The molecule has 0 aliphatic carbocycles. The number of benzene rings is 1. The number of carboxylic acid groups (broad SMARTS) is 1. The Hall–Kier alpha value is -3.13. The molecule has 8 nitrogen and oxygen atoms in total. The van der Waals surface area contributed by atoms with Crippen LogP contribution in [0.25, 0.3) is 10.9 Å². The van der Waals surface area contributed by atoms with Crippen LogP contribution in [0.1, 0.15) is 40.2 Å². The molecule has 0 saturated heterocycles. The Morgan fingerprint density at radius 3 is 2.38 bits per heavy atom. The Kier molecular flexibility index (Phi) is 8.66. The molecule has 2 aromatic rings. The predicted molar refractivity (Wildman–Crippen MR) is 134 cm³/mol. The molecule has 8 heteroatoms. The SMILES string of the molecule is CNC(Cc1cn(C)c2ccccc12)C(=O)N[C@H](C(=O)N(C)C(C)/C=C(\C)C(=O)O)C(C)(C)C. The van der Waals surface area contributed by atoms with E-state index in [0.717, 1.165) is 16.5 Å². The molecule has 0 saturated carbocycles. The second kappa shape index (κ2) is 10.9. The van der Waals surface area contributed by atoms with Crippen LogP contribution >= 0.6 is 0 Å². The highest BCUT2D eigenvalue weighted by atomic mass is 16.4. The summed E-state index contributed by atoms with van der Waals surface area (Å²) in [5, 5.41) is 16.3. The van der Waals surface area contributed by atoms with E-state index in [4.69, 9.17) is 5.11 Å². The lowest BCUT2D eigenvalue weighted by molar-refractivity contribution is -0.139. The van der Waals surface area contributed by atoms with Crippen molar-refractivity contribution in [1.82, 2.24) is 20.1 Å². The molecular formula is C26H38N4O4. The van der Waals surface area contributed by atoms with Gasteiger partial charge in [-0.2, -0.15) is 0 Å². The number of para-hydroxylation sites is 1. The fourth-order valence-electron chi connectivity index (χ4n) is 3.97. The minimum absolute atomic E-state index is 0.161. The van der Waals surface area contributed by atoms with E-state index >= 15 is 0 Å². The number of hydrogen-bond acceptors (Lipinski definition) is 4. The van der Waals surface area contributed by atoms with Gasteiger partial charge in [-0.05, 0) is 44.4 Å². The van der Waals surface area contributed by atoms with Gasteiger partial charge in [0.2, 0.25) is 11.8 Å². The van der Waals surface area contributed by atoms with E-state index < -0.39 is 29.5 Å². The highest BCUT2D eigenvalue weighted by molar-refractivity contribution is 5.92. The fourth-order valence-corrected chi connectivity index (χ4v) is 3.97. The van der Waals surface area contributed by atoms with Gasteiger partial charge in [-0.25, -0.2) is 4.79 Å². The molecule has 0 radical (unpaired) electrons. The van der Waals surface area contributed by atoms with Crippen LogP contribution in [0, 0.1) is 5.41 Å². The number of carbonyl (C=O) groups excluding carboxylic acids is 2. The molecule has 3 N–H and O–H groups in total. The van der Waals surface area contributed by atoms with Crippen molar-refractivity contribution in [3.63, 3.8) is 0 Å². The number of likely N-dealkylation sites (N-methyl/N-ethyl adjacent to an activating group) is 2. The Balaban J connectivity index is 2.24. The molecule has 0 fully saturated rings. The van der Waals surface area contributed by atoms with Gasteiger partial charge in [0.25, 0.3) is 0 Å². The first-order chi connectivity index (χ1) is 15.8. The molecule has 0 aliphatic rings. The molecule has 2 unspecified atom stereocenters. The first kappa shape index (κ1) is 27.1. The first-order valence-electron chi connectivity index (χ1n) is 11.5. The summed E-state index contributed by atoms with van der Waals surface area (Å²) in [5.74, 6) is -1.57. The molecular weight excluding hydrogens is 432 g/mol. The van der Waals surface area contributed by atoms with Gasteiger partial charge in [-0.15, -0.1) is 0 Å². The van der Waals surface area contributed by atoms with Crippen LogP contribution in [0.2, 0.25) is 0 Å². The number of nitrogens with one attached hydrogen (secondary N) is 2. The summed E-state index contributed by atoms with van der Waals surface area (Å²) in [6, 6.07) is 6.29. The van der Waals surface area contributed by atoms with Crippen LogP contribution in [0.5, 0.6) is 0 Å². The van der Waals surface area contributed by atoms with Gasteiger partial charge in [-0.1, -0.05) is 45.0 Å². The third-order valence-corrected chi connectivity index (χ3v) is 6.26. The quantitative estimate of drug-likeness (QED) is 0.489. The molecule has 1 heterocycles. The maximum atomic E-state index is 13.4. The Labute approximate surface area is 202 Å². The normalized spacial score (nSPS) is 15.0. The second-order valence-electron chi connectivity index (χ2n) is 9.98. The van der Waals surface area contributed by atoms with Crippen molar-refractivity contribution < 1.29 is 19.5 Å². The number of aryl methyl sites for hydroxylation is 1. The molecule has 1 aromatic carbocycles. The molecule has 2 amide bonds. The van der Waals surface area contributed by atoms with Crippen molar-refractivity contribution in [3.05, 3.63) is 47.7 Å². The minimum Gasteiger partial charge on any atom is -0.478 e. The van der Waals surface area contributed by atoms with E-state index in [-0.39, 0.29) is 17.4 Å². The fraction of sp³-hybridized carbons (Fsp3) is 0.500. The molecule has 34 heavy (non-hydrogen) atoms. The topological polar surface area (TPSA) is 104 Å². The Morgan fingerprint density at radius 1 is 1.21 bits per heavy atom. The summed E-state index contributed by atoms with van der Waals surface area (Å²) < 4.78 is 2.04. The van der Waals surface area contributed by atoms with Crippen LogP contribution in [-0.4, -0.2) is 64.6 Å². The number of fused-ring (bicyclic) bond motifs is 1. The number of nitrogens with zero attached hydrogens (tertiary/aromatic N) is 2. The summed E-state index contributed by atoms with van der Waals surface area (Å²) in [4.78, 5) is 39.3. The predicted octanol–water partition coefficient (Wildman–Crippen LogP) is 2.72. The van der Waals surface area contributed by atoms with Gasteiger partial charge in [0, 0.05) is 42.8 Å². The molecule has 0 spiro atoms. The molecule has 186 valence electrons. The number of aromatic nitrogens is 1. The summed E-state index contributed by atoms with van der Waals surface area (Å²) in [6.07, 6.45) is 4.03. The van der Waals surface area contributed by atoms with Crippen LogP contribution in [0.3, 0.4) is 0 Å². The Morgan fingerprint density at radius 2 is 1.82 bits per heavy atom. The first-order valence-corrected chi connectivity index (χ1v) is 11.5. The van der Waals surface area contributed by atoms with Gasteiger partial charge in [0.05, 0.1) is 6.04 Å². The van der Waals surface area contributed by atoms with Crippen LogP contribution in [0.15, 0.2) is 42.1 Å². The number of hydrogen-bond donors (Lipinski definition) is 3. The standard InChI is InChI=1S/C26H38N4O4/c1-16(25(33)34)13-17(2)30(8)24(32)22(26(3,4)5)28-23(31)20(27-6)14-18-15-29(7)21-12-10-9-11-19(18)21/h9-13,15,17,20,22,27H,14H2,1-8H3,(H,28,31)(H,33,34)/b16-13+/t17?,20?,22-/m1/s1. The molecule has 2 rings (SSSR count). The number of carboxylic acids is 1. The smallest absolute Gasteiger partial charge is 0.331 e. The number of aliphatic carboxylic acids is 1. The highest BCUT2D eigenvalue weighted by Gasteiger charge is 2.37. The number of carbonyl (C=O) groups is 3. The zero-order valence-corrected chi connectivity index (χ0v) is 21.5. The highest BCUT2D eigenvalue weighted by Crippen LogP contribution is 2.24. The van der Waals surface area contributed by atoms with E-state index in [1.54, 1.807) is 21.0 Å². The molecule has 0 aliphatic heterocycles. The lowest BCUT2D eigenvalue weighted by Gasteiger charge is -2.36. The Bertz CT molecular complexity index is 1080. The third-order valence-electron chi connectivity index (χ3n) is 6.26. The van der Waals surface area contributed by atoms with Gasteiger partial charge >= 0.3 is 5.97 Å². The average Bonchev–Trinajstić information content (AvgIpc) is 3.09. The lowest BCUT2D eigenvalue weighted by atomic mass is 9.85. The van der Waals surface area contributed by atoms with Gasteiger partial charge < -0.3 is 25.2 Å². The van der Waals surface area contributed by atoms with E-state index in [0.29, 0.717) is 6.42 Å². The van der Waals surface area contributed by atoms with Gasteiger partial charge in [0.1, 0.15) is 6.04 Å². The minimum atomic E-state index is -1.03. The second-order valence-corrected chi connectivity index (χ2v) is 9.98. The van der Waals surface area contributed by atoms with Crippen LogP contribution < -0.4 is 10.6 Å². The molecule has 0 bridgehead atoms. The van der Waals surface area contributed by atoms with E-state index in [2.05, 4.69) is 10.6 Å². The third kappa shape index (κ3) is 6.26. The van der Waals surface area contributed by atoms with E-state index in [1.807, 2.05) is 62.8 Å².